The molecule has 1 rings (SSSR count). The van der Waals surface area contributed by atoms with Crippen LogP contribution in [0.5, 0.6) is 0 Å². The predicted molar refractivity (Wildman–Crippen MR) is 71.1 cm³/mol. The average molecular weight is 260 g/mol. The first kappa shape index (κ1) is 14.5. The molecule has 0 radical (unpaired) electrons. The molecule has 3 amide bonds. The third-order valence-electron chi connectivity index (χ3n) is 2.51. The quantitative estimate of drug-likeness (QED) is 0.756. The molecule has 0 saturated heterocycles. The van der Waals surface area contributed by atoms with Crippen molar-refractivity contribution in [3.63, 3.8) is 0 Å². The number of nitrogens with zero attached hydrogens (tertiary/aromatic N) is 1. The van der Waals surface area contributed by atoms with Gasteiger partial charge in [0.1, 0.15) is 6.04 Å². The van der Waals surface area contributed by atoms with Crippen molar-refractivity contribution in [3.05, 3.63) is 29.8 Å². The van der Waals surface area contributed by atoms with Crippen molar-refractivity contribution < 1.29 is 9.59 Å². The first-order valence-electron chi connectivity index (χ1n) is 5.81. The fourth-order valence-electron chi connectivity index (χ4n) is 1.57. The maximum atomic E-state index is 12.0. The Kier molecular flexibility index (Phi) is 4.89. The van der Waals surface area contributed by atoms with E-state index in [2.05, 4.69) is 10.6 Å². The lowest BCUT2D eigenvalue weighted by atomic mass is 10.0. The van der Waals surface area contributed by atoms with E-state index >= 15 is 0 Å². The highest BCUT2D eigenvalue weighted by atomic mass is 16.2. The van der Waals surface area contributed by atoms with Crippen molar-refractivity contribution in [1.82, 2.24) is 5.32 Å². The molecule has 4 N–H and O–H groups in total. The Balaban J connectivity index is 2.81. The summed E-state index contributed by atoms with van der Waals surface area (Å²) in [6, 6.07) is 7.04. The van der Waals surface area contributed by atoms with Gasteiger partial charge in [0.2, 0.25) is 5.91 Å². The van der Waals surface area contributed by atoms with Crippen LogP contribution < -0.4 is 16.4 Å². The lowest BCUT2D eigenvalue weighted by Gasteiger charge is -2.20. The zero-order valence-electron chi connectivity index (χ0n) is 10.8. The predicted octanol–water partition coefficient (Wildman–Crippen LogP) is 1.19. The number of hydrogen-bond donors (Lipinski definition) is 3. The molecule has 0 aromatic heterocycles. The number of carbonyl (C=O) groups is 2. The Morgan fingerprint density at radius 3 is 2.58 bits per heavy atom. The second-order valence-corrected chi connectivity index (χ2v) is 4.41. The lowest BCUT2D eigenvalue weighted by Crippen LogP contribution is -2.49. The van der Waals surface area contributed by atoms with Gasteiger partial charge in [0.25, 0.3) is 0 Å². The highest BCUT2D eigenvalue weighted by Gasteiger charge is 2.23. The summed E-state index contributed by atoms with van der Waals surface area (Å²) < 4.78 is 0. The molecule has 0 heterocycles. The average Bonchev–Trinajstić information content (AvgIpc) is 2.35. The number of carbonyl (C=O) groups excluding carboxylic acids is 2. The number of rotatable bonds is 4. The van der Waals surface area contributed by atoms with Crippen LogP contribution in [0.1, 0.15) is 19.4 Å². The number of anilines is 1. The van der Waals surface area contributed by atoms with Gasteiger partial charge >= 0.3 is 6.03 Å². The van der Waals surface area contributed by atoms with Crippen LogP contribution >= 0.6 is 0 Å². The summed E-state index contributed by atoms with van der Waals surface area (Å²) >= 11 is 0. The van der Waals surface area contributed by atoms with Gasteiger partial charge in [0, 0.05) is 5.69 Å². The van der Waals surface area contributed by atoms with Gasteiger partial charge in [-0.25, -0.2) is 4.79 Å². The van der Waals surface area contributed by atoms with E-state index in [9.17, 15) is 9.59 Å². The summed E-state index contributed by atoms with van der Waals surface area (Å²) in [5.74, 6) is -0.476. The lowest BCUT2D eigenvalue weighted by molar-refractivity contribution is -0.118. The summed E-state index contributed by atoms with van der Waals surface area (Å²) in [7, 11) is 0. The van der Waals surface area contributed by atoms with Crippen LogP contribution in [0, 0.1) is 17.2 Å². The Hall–Kier alpha value is -2.55. The molecule has 1 atom stereocenters. The van der Waals surface area contributed by atoms with E-state index in [0.29, 0.717) is 11.3 Å². The number of urea groups is 1. The van der Waals surface area contributed by atoms with Crippen LogP contribution in [-0.2, 0) is 4.79 Å². The van der Waals surface area contributed by atoms with Gasteiger partial charge in [-0.05, 0) is 24.1 Å². The molecule has 6 nitrogen and oxygen atoms in total. The van der Waals surface area contributed by atoms with Gasteiger partial charge < -0.3 is 16.4 Å². The maximum Gasteiger partial charge on any atom is 0.312 e. The molecule has 0 spiro atoms. The molecule has 19 heavy (non-hydrogen) atoms. The first-order chi connectivity index (χ1) is 8.93. The molecule has 6 heteroatoms. The Morgan fingerprint density at radius 1 is 1.37 bits per heavy atom. The number of hydrogen-bond acceptors (Lipinski definition) is 3. The SMILES string of the molecule is CC(C)[C@H](NC(N)=O)C(=O)Nc1cccc(C#N)c1. The second-order valence-electron chi connectivity index (χ2n) is 4.41. The van der Waals surface area contributed by atoms with Gasteiger partial charge in [0.05, 0.1) is 11.6 Å². The minimum atomic E-state index is -0.750. The van der Waals surface area contributed by atoms with Gasteiger partial charge in [-0.15, -0.1) is 0 Å². The van der Waals surface area contributed by atoms with Crippen LogP contribution in [0.25, 0.3) is 0 Å². The number of nitrogens with two attached hydrogens (primary N) is 1. The second kappa shape index (κ2) is 6.40. The topological polar surface area (TPSA) is 108 Å². The minimum Gasteiger partial charge on any atom is -0.352 e. The highest BCUT2D eigenvalue weighted by Crippen LogP contribution is 2.12. The van der Waals surface area contributed by atoms with Crippen LogP contribution in [0.2, 0.25) is 0 Å². The van der Waals surface area contributed by atoms with Gasteiger partial charge in [0.15, 0.2) is 0 Å². The molecular formula is C13H16N4O2. The van der Waals surface area contributed by atoms with Crippen molar-refractivity contribution in [1.29, 1.82) is 5.26 Å². The summed E-state index contributed by atoms with van der Waals surface area (Å²) in [4.78, 5) is 22.9. The molecular weight excluding hydrogens is 244 g/mol. The third-order valence-corrected chi connectivity index (χ3v) is 2.51. The first-order valence-corrected chi connectivity index (χ1v) is 5.81. The number of benzene rings is 1. The number of nitriles is 1. The Bertz CT molecular complexity index is 520. The van der Waals surface area contributed by atoms with Gasteiger partial charge in [-0.3, -0.25) is 4.79 Å². The normalized spacial score (nSPS) is 11.5. The largest absolute Gasteiger partial charge is 0.352 e. The number of amides is 3. The molecule has 1 aromatic carbocycles. The number of primary amides is 1. The molecule has 0 aliphatic rings. The van der Waals surface area contributed by atoms with Crippen molar-refractivity contribution >= 4 is 17.6 Å². The van der Waals surface area contributed by atoms with E-state index in [1.54, 1.807) is 38.1 Å². The van der Waals surface area contributed by atoms with E-state index in [-0.39, 0.29) is 11.8 Å². The summed E-state index contributed by atoms with van der Waals surface area (Å²) in [5, 5.41) is 13.8. The van der Waals surface area contributed by atoms with E-state index < -0.39 is 12.1 Å². The van der Waals surface area contributed by atoms with Crippen LogP contribution in [0.15, 0.2) is 24.3 Å². The molecule has 0 bridgehead atoms. The van der Waals surface area contributed by atoms with Gasteiger partial charge in [-0.1, -0.05) is 19.9 Å². The fourth-order valence-corrected chi connectivity index (χ4v) is 1.57. The smallest absolute Gasteiger partial charge is 0.312 e. The molecule has 100 valence electrons. The molecule has 0 saturated carbocycles. The third kappa shape index (κ3) is 4.32. The summed E-state index contributed by atoms with van der Waals surface area (Å²) in [5.41, 5.74) is 5.98. The fraction of sp³-hybridized carbons (Fsp3) is 0.308. The van der Waals surface area contributed by atoms with Crippen molar-refractivity contribution in [3.8, 4) is 6.07 Å². The number of nitrogens with one attached hydrogen (secondary N) is 2. The van der Waals surface area contributed by atoms with Crippen LogP contribution in [-0.4, -0.2) is 18.0 Å². The molecule has 0 aliphatic heterocycles. The maximum absolute atomic E-state index is 12.0. The van der Waals surface area contributed by atoms with Crippen LogP contribution in [0.3, 0.4) is 0 Å². The Morgan fingerprint density at radius 2 is 2.05 bits per heavy atom. The molecule has 1 aromatic rings. The Labute approximate surface area is 111 Å². The van der Waals surface area contributed by atoms with Crippen molar-refractivity contribution in [2.45, 2.75) is 19.9 Å². The molecule has 0 unspecified atom stereocenters. The van der Waals surface area contributed by atoms with E-state index in [1.807, 2.05) is 6.07 Å². The standard InChI is InChI=1S/C13H16N4O2/c1-8(2)11(17-13(15)19)12(18)16-10-5-3-4-9(6-10)7-14/h3-6,8,11H,1-2H3,(H,16,18)(H3,15,17,19)/t11-/m0/s1. The zero-order chi connectivity index (χ0) is 14.4. The minimum absolute atomic E-state index is 0.105. The molecule has 0 fully saturated rings. The molecule has 0 aliphatic carbocycles. The van der Waals surface area contributed by atoms with Crippen molar-refractivity contribution in [2.24, 2.45) is 11.7 Å². The van der Waals surface area contributed by atoms with Gasteiger partial charge in [-0.2, -0.15) is 5.26 Å². The van der Waals surface area contributed by atoms with Crippen molar-refractivity contribution in [2.75, 3.05) is 5.32 Å². The summed E-state index contributed by atoms with van der Waals surface area (Å²) in [6.07, 6.45) is 0. The monoisotopic (exact) mass is 260 g/mol. The highest BCUT2D eigenvalue weighted by molar-refractivity contribution is 5.97. The van der Waals surface area contributed by atoms with E-state index in [1.165, 1.54) is 0 Å². The summed E-state index contributed by atoms with van der Waals surface area (Å²) in [6.45, 7) is 3.60. The van der Waals surface area contributed by atoms with E-state index in [4.69, 9.17) is 11.0 Å². The van der Waals surface area contributed by atoms with E-state index in [0.717, 1.165) is 0 Å². The van der Waals surface area contributed by atoms with Crippen LogP contribution in [0.4, 0.5) is 10.5 Å². The zero-order valence-corrected chi connectivity index (χ0v) is 10.8.